The van der Waals surface area contributed by atoms with E-state index in [9.17, 15) is 10.1 Å². The average Bonchev–Trinajstić information content (AvgIpc) is 2.73. The number of hydrogen-bond acceptors (Lipinski definition) is 5. The van der Waals surface area contributed by atoms with Crippen LogP contribution in [-0.4, -0.2) is 21.6 Å². The van der Waals surface area contributed by atoms with E-state index in [1.54, 1.807) is 13.8 Å². The molecular weight excluding hydrogens is 380 g/mol. The number of benzene rings is 2. The molecule has 146 valence electrons. The van der Waals surface area contributed by atoms with Gasteiger partial charge in [0.05, 0.1) is 17.5 Å². The zero-order valence-corrected chi connectivity index (χ0v) is 17.2. The van der Waals surface area contributed by atoms with Crippen molar-refractivity contribution in [2.45, 2.75) is 31.3 Å². The van der Waals surface area contributed by atoms with Gasteiger partial charge in [-0.05, 0) is 31.4 Å². The van der Waals surface area contributed by atoms with Crippen molar-refractivity contribution in [3.05, 3.63) is 88.9 Å². The van der Waals surface area contributed by atoms with Gasteiger partial charge in [-0.2, -0.15) is 5.26 Å². The monoisotopic (exact) mass is 402 g/mol. The van der Waals surface area contributed by atoms with Gasteiger partial charge < -0.3 is 5.32 Å². The third-order valence-corrected chi connectivity index (χ3v) is 5.42. The van der Waals surface area contributed by atoms with Gasteiger partial charge in [0.2, 0.25) is 5.91 Å². The van der Waals surface area contributed by atoms with Gasteiger partial charge in [0.1, 0.15) is 22.5 Å². The van der Waals surface area contributed by atoms with Crippen LogP contribution in [0.4, 0.5) is 0 Å². The zero-order chi connectivity index (χ0) is 20.6. The summed E-state index contributed by atoms with van der Waals surface area (Å²) in [4.78, 5) is 21.3. The van der Waals surface area contributed by atoms with Crippen LogP contribution in [0, 0.1) is 25.2 Å². The molecule has 1 aromatic heterocycles. The van der Waals surface area contributed by atoms with Gasteiger partial charge in [-0.3, -0.25) is 4.79 Å². The van der Waals surface area contributed by atoms with Crippen LogP contribution in [-0.2, 0) is 11.2 Å². The minimum Gasteiger partial charge on any atom is -0.348 e. The summed E-state index contributed by atoms with van der Waals surface area (Å²) in [5.41, 5.74) is 3.27. The molecule has 1 unspecified atom stereocenters. The second-order valence-corrected chi connectivity index (χ2v) is 7.62. The van der Waals surface area contributed by atoms with Crippen LogP contribution in [0.15, 0.2) is 65.7 Å². The van der Waals surface area contributed by atoms with E-state index >= 15 is 0 Å². The van der Waals surface area contributed by atoms with Crippen molar-refractivity contribution in [3.8, 4) is 6.07 Å². The minimum atomic E-state index is -0.129. The van der Waals surface area contributed by atoms with Crippen molar-refractivity contribution < 1.29 is 4.79 Å². The lowest BCUT2D eigenvalue weighted by Crippen LogP contribution is -2.31. The van der Waals surface area contributed by atoms with Crippen LogP contribution in [0.25, 0.3) is 0 Å². The van der Waals surface area contributed by atoms with Gasteiger partial charge in [-0.15, -0.1) is 0 Å². The molecule has 1 atom stereocenters. The Labute approximate surface area is 175 Å². The third kappa shape index (κ3) is 5.66. The molecule has 0 spiro atoms. The number of aryl methyl sites for hydroxylation is 2. The van der Waals surface area contributed by atoms with Gasteiger partial charge in [-0.25, -0.2) is 9.97 Å². The normalized spacial score (nSPS) is 11.5. The Bertz CT molecular complexity index is 1020. The summed E-state index contributed by atoms with van der Waals surface area (Å²) in [6, 6.07) is 22.0. The van der Waals surface area contributed by atoms with Gasteiger partial charge in [0.15, 0.2) is 0 Å². The smallest absolute Gasteiger partial charge is 0.230 e. The second-order valence-electron chi connectivity index (χ2n) is 6.66. The summed E-state index contributed by atoms with van der Waals surface area (Å²) in [5, 5.41) is 13.1. The summed E-state index contributed by atoms with van der Waals surface area (Å²) < 4.78 is 0. The molecule has 0 bridgehead atoms. The number of nitriles is 1. The predicted molar refractivity (Wildman–Crippen MR) is 114 cm³/mol. The molecular formula is C23H22N4OS. The van der Waals surface area contributed by atoms with E-state index in [1.165, 1.54) is 11.8 Å². The summed E-state index contributed by atoms with van der Waals surface area (Å²) in [7, 11) is 0. The van der Waals surface area contributed by atoms with Crippen molar-refractivity contribution in [1.29, 1.82) is 5.26 Å². The maximum atomic E-state index is 12.7. The van der Waals surface area contributed by atoms with Crippen LogP contribution >= 0.6 is 11.8 Å². The number of hydrogen-bond donors (Lipinski definition) is 1. The van der Waals surface area contributed by atoms with Crippen LogP contribution < -0.4 is 5.32 Å². The first-order valence-electron chi connectivity index (χ1n) is 9.33. The van der Waals surface area contributed by atoms with E-state index < -0.39 is 0 Å². The van der Waals surface area contributed by atoms with Gasteiger partial charge in [0.25, 0.3) is 0 Å². The Morgan fingerprint density at radius 2 is 1.72 bits per heavy atom. The van der Waals surface area contributed by atoms with Gasteiger partial charge >= 0.3 is 0 Å². The lowest BCUT2D eigenvalue weighted by atomic mass is 9.99. The quantitative estimate of drug-likeness (QED) is 0.474. The molecule has 0 aliphatic rings. The van der Waals surface area contributed by atoms with Crippen LogP contribution in [0.5, 0.6) is 0 Å². The lowest BCUT2D eigenvalue weighted by molar-refractivity contribution is -0.119. The summed E-state index contributed by atoms with van der Waals surface area (Å²) in [5.74, 6) is 0.677. The lowest BCUT2D eigenvalue weighted by Gasteiger charge is -2.19. The first-order valence-corrected chi connectivity index (χ1v) is 10.3. The van der Waals surface area contributed by atoms with Crippen LogP contribution in [0.1, 0.15) is 34.3 Å². The number of carbonyl (C=O) groups is 1. The highest BCUT2D eigenvalue weighted by Crippen LogP contribution is 2.23. The van der Waals surface area contributed by atoms with E-state index in [1.807, 2.05) is 48.5 Å². The number of thioether (sulfide) groups is 1. The Morgan fingerprint density at radius 3 is 2.38 bits per heavy atom. The number of nitrogens with one attached hydrogen (secondary N) is 1. The molecule has 0 aliphatic heterocycles. The Balaban J connectivity index is 1.72. The first-order chi connectivity index (χ1) is 14.1. The number of rotatable bonds is 7. The van der Waals surface area contributed by atoms with Crippen molar-refractivity contribution in [1.82, 2.24) is 15.3 Å². The Morgan fingerprint density at radius 1 is 1.07 bits per heavy atom. The summed E-state index contributed by atoms with van der Waals surface area (Å²) in [6.07, 6.45) is 0.705. The highest BCUT2D eigenvalue weighted by molar-refractivity contribution is 8.00. The molecule has 0 aliphatic carbocycles. The molecule has 3 rings (SSSR count). The van der Waals surface area contributed by atoms with E-state index in [-0.39, 0.29) is 17.7 Å². The van der Waals surface area contributed by atoms with Gasteiger partial charge in [0, 0.05) is 0 Å². The highest BCUT2D eigenvalue weighted by Gasteiger charge is 2.17. The van der Waals surface area contributed by atoms with Crippen molar-refractivity contribution in [2.75, 3.05) is 5.75 Å². The number of aromatic nitrogens is 2. The van der Waals surface area contributed by atoms with Crippen molar-refractivity contribution in [2.24, 2.45) is 0 Å². The molecule has 0 saturated carbocycles. The van der Waals surface area contributed by atoms with E-state index in [0.29, 0.717) is 28.5 Å². The molecule has 0 saturated heterocycles. The van der Waals surface area contributed by atoms with Crippen LogP contribution in [0.3, 0.4) is 0 Å². The summed E-state index contributed by atoms with van der Waals surface area (Å²) in [6.45, 7) is 3.56. The topological polar surface area (TPSA) is 78.7 Å². The average molecular weight is 403 g/mol. The largest absolute Gasteiger partial charge is 0.348 e. The predicted octanol–water partition coefficient (Wildman–Crippen LogP) is 4.16. The number of nitrogens with zero attached hydrogens (tertiary/aromatic N) is 3. The van der Waals surface area contributed by atoms with E-state index in [0.717, 1.165) is 11.1 Å². The molecule has 1 heterocycles. The maximum Gasteiger partial charge on any atom is 0.230 e. The fraction of sp³-hybridized carbons (Fsp3) is 0.217. The maximum absolute atomic E-state index is 12.7. The fourth-order valence-corrected chi connectivity index (χ4v) is 3.96. The molecule has 1 amide bonds. The molecule has 3 aromatic rings. The zero-order valence-electron chi connectivity index (χ0n) is 16.4. The number of carbonyl (C=O) groups excluding carboxylic acids is 1. The molecule has 1 N–H and O–H groups in total. The minimum absolute atomic E-state index is 0.0995. The van der Waals surface area contributed by atoms with E-state index in [4.69, 9.17) is 0 Å². The highest BCUT2D eigenvalue weighted by atomic mass is 32.2. The molecule has 0 fully saturated rings. The molecule has 5 nitrogen and oxygen atoms in total. The SMILES string of the molecule is Cc1nc(C)c(C#N)c(SCC(=O)NC(Cc2ccccc2)c2ccccc2)n1. The third-order valence-electron chi connectivity index (χ3n) is 4.44. The van der Waals surface area contributed by atoms with Crippen molar-refractivity contribution >= 4 is 17.7 Å². The first kappa shape index (κ1) is 20.6. The second kappa shape index (κ2) is 9.85. The van der Waals surface area contributed by atoms with Crippen molar-refractivity contribution in [3.63, 3.8) is 0 Å². The van der Waals surface area contributed by atoms with Gasteiger partial charge in [-0.1, -0.05) is 72.4 Å². The van der Waals surface area contributed by atoms with E-state index in [2.05, 4.69) is 33.5 Å². The standard InChI is InChI=1S/C23H22N4OS/c1-16-20(14-24)23(26-17(2)25-16)29-15-22(28)27-21(19-11-7-4-8-12-19)13-18-9-5-3-6-10-18/h3-12,21H,13,15H2,1-2H3,(H,27,28). The summed E-state index contributed by atoms with van der Waals surface area (Å²) >= 11 is 1.27. The molecule has 2 aromatic carbocycles. The molecule has 0 radical (unpaired) electrons. The Hall–Kier alpha value is -3.17. The molecule has 29 heavy (non-hydrogen) atoms. The van der Waals surface area contributed by atoms with Crippen LogP contribution in [0.2, 0.25) is 0 Å². The fourth-order valence-electron chi connectivity index (χ4n) is 3.07. The Kier molecular flexibility index (Phi) is 6.99. The molecule has 6 heteroatoms. The number of amides is 1.